The van der Waals surface area contributed by atoms with Gasteiger partial charge in [-0.2, -0.15) is 0 Å². The molecule has 26 heavy (non-hydrogen) atoms. The lowest BCUT2D eigenvalue weighted by molar-refractivity contribution is -0.144. The highest BCUT2D eigenvalue weighted by Gasteiger charge is 2.30. The number of nitrogens with zero attached hydrogens (tertiary/aromatic N) is 3. The molecule has 140 valence electrons. The van der Waals surface area contributed by atoms with Gasteiger partial charge in [0.1, 0.15) is 11.8 Å². The van der Waals surface area contributed by atoms with Gasteiger partial charge in [0.05, 0.1) is 17.8 Å². The highest BCUT2D eigenvalue weighted by Crippen LogP contribution is 2.27. The molecule has 2 heterocycles. The SMILES string of the molecule is COc1ccc(C(C(=O)O)N2CCN(Cc3csc(C)n3)CC2)cc1C. The lowest BCUT2D eigenvalue weighted by Crippen LogP contribution is -2.48. The number of benzene rings is 1. The van der Waals surface area contributed by atoms with E-state index in [0.717, 1.165) is 60.3 Å². The Bertz CT molecular complexity index is 769. The number of aliphatic carboxylic acids is 1. The van der Waals surface area contributed by atoms with E-state index in [2.05, 4.69) is 15.3 Å². The van der Waals surface area contributed by atoms with Crippen LogP contribution in [0.5, 0.6) is 5.75 Å². The predicted octanol–water partition coefficient (Wildman–Crippen LogP) is 2.71. The molecule has 1 aliphatic heterocycles. The normalized spacial score (nSPS) is 17.2. The van der Waals surface area contributed by atoms with E-state index in [9.17, 15) is 9.90 Å². The maximum absolute atomic E-state index is 11.9. The summed E-state index contributed by atoms with van der Waals surface area (Å²) in [5.41, 5.74) is 2.86. The zero-order chi connectivity index (χ0) is 18.7. The van der Waals surface area contributed by atoms with E-state index < -0.39 is 12.0 Å². The first-order valence-electron chi connectivity index (χ1n) is 8.72. The second-order valence-electron chi connectivity index (χ2n) is 6.64. The van der Waals surface area contributed by atoms with Crippen molar-refractivity contribution < 1.29 is 14.6 Å². The molecule has 0 saturated carbocycles. The van der Waals surface area contributed by atoms with Gasteiger partial charge in [0.15, 0.2) is 0 Å². The van der Waals surface area contributed by atoms with Gasteiger partial charge in [-0.1, -0.05) is 12.1 Å². The summed E-state index contributed by atoms with van der Waals surface area (Å²) in [4.78, 5) is 20.8. The van der Waals surface area contributed by atoms with Gasteiger partial charge in [-0.15, -0.1) is 11.3 Å². The molecule has 1 aliphatic rings. The van der Waals surface area contributed by atoms with Crippen LogP contribution in [-0.4, -0.2) is 59.1 Å². The molecular weight excluding hydrogens is 350 g/mol. The molecule has 0 bridgehead atoms. The van der Waals surface area contributed by atoms with Crippen LogP contribution < -0.4 is 4.74 Å². The van der Waals surface area contributed by atoms with Gasteiger partial charge in [-0.3, -0.25) is 14.6 Å². The number of methoxy groups -OCH3 is 1. The van der Waals surface area contributed by atoms with Crippen LogP contribution in [0.25, 0.3) is 0 Å². The van der Waals surface area contributed by atoms with Crippen molar-refractivity contribution in [3.8, 4) is 5.75 Å². The van der Waals surface area contributed by atoms with Crippen molar-refractivity contribution in [1.29, 1.82) is 0 Å². The summed E-state index contributed by atoms with van der Waals surface area (Å²) in [7, 11) is 1.62. The minimum Gasteiger partial charge on any atom is -0.496 e. The van der Waals surface area contributed by atoms with Crippen molar-refractivity contribution in [2.24, 2.45) is 0 Å². The van der Waals surface area contributed by atoms with Gasteiger partial charge >= 0.3 is 5.97 Å². The van der Waals surface area contributed by atoms with Crippen molar-refractivity contribution >= 4 is 17.3 Å². The zero-order valence-corrected chi connectivity index (χ0v) is 16.3. The Balaban J connectivity index is 1.67. The quantitative estimate of drug-likeness (QED) is 0.837. The second-order valence-corrected chi connectivity index (χ2v) is 7.70. The Hall–Kier alpha value is -1.96. The van der Waals surface area contributed by atoms with E-state index in [1.807, 2.05) is 36.9 Å². The standard InChI is InChI=1S/C19H25N3O3S/c1-13-10-15(4-5-17(13)25-3)18(19(23)24)22-8-6-21(7-9-22)11-16-12-26-14(2)20-16/h4-5,10,12,18H,6-9,11H2,1-3H3,(H,23,24). The number of hydrogen-bond acceptors (Lipinski definition) is 6. The number of carboxylic acids is 1. The van der Waals surface area contributed by atoms with Crippen molar-refractivity contribution in [3.63, 3.8) is 0 Å². The molecule has 1 aromatic heterocycles. The van der Waals surface area contributed by atoms with Gasteiger partial charge in [-0.05, 0) is 31.0 Å². The van der Waals surface area contributed by atoms with Gasteiger partial charge in [0.25, 0.3) is 0 Å². The van der Waals surface area contributed by atoms with Crippen LogP contribution in [0.2, 0.25) is 0 Å². The van der Waals surface area contributed by atoms with E-state index in [1.54, 1.807) is 18.4 Å². The molecular formula is C19H25N3O3S. The topological polar surface area (TPSA) is 65.9 Å². The third-order valence-electron chi connectivity index (χ3n) is 4.79. The highest BCUT2D eigenvalue weighted by atomic mass is 32.1. The van der Waals surface area contributed by atoms with E-state index >= 15 is 0 Å². The smallest absolute Gasteiger partial charge is 0.325 e. The Morgan fingerprint density at radius 2 is 2.04 bits per heavy atom. The number of aryl methyl sites for hydroxylation is 2. The lowest BCUT2D eigenvalue weighted by atomic mass is 10.0. The number of aromatic nitrogens is 1. The molecule has 1 unspecified atom stereocenters. The highest BCUT2D eigenvalue weighted by molar-refractivity contribution is 7.09. The molecule has 0 amide bonds. The summed E-state index contributed by atoms with van der Waals surface area (Å²) >= 11 is 1.67. The summed E-state index contributed by atoms with van der Waals surface area (Å²) in [6.45, 7) is 7.92. The number of carboxylic acid groups (broad SMARTS) is 1. The summed E-state index contributed by atoms with van der Waals surface area (Å²) in [6.07, 6.45) is 0. The van der Waals surface area contributed by atoms with Gasteiger partial charge in [-0.25, -0.2) is 4.98 Å². The number of piperazine rings is 1. The molecule has 1 saturated heterocycles. The fourth-order valence-electron chi connectivity index (χ4n) is 3.47. The molecule has 2 aromatic rings. The van der Waals surface area contributed by atoms with Crippen molar-refractivity contribution in [2.75, 3.05) is 33.3 Å². The molecule has 7 heteroatoms. The minimum atomic E-state index is -0.807. The first-order chi connectivity index (χ1) is 12.5. The van der Waals surface area contributed by atoms with Crippen LogP contribution in [0.15, 0.2) is 23.6 Å². The van der Waals surface area contributed by atoms with Gasteiger partial charge in [0, 0.05) is 38.1 Å². The summed E-state index contributed by atoms with van der Waals surface area (Å²) in [6, 6.07) is 5.00. The average molecular weight is 375 g/mol. The molecule has 0 radical (unpaired) electrons. The number of ether oxygens (including phenoxy) is 1. The largest absolute Gasteiger partial charge is 0.496 e. The fraction of sp³-hybridized carbons (Fsp3) is 0.474. The molecule has 3 rings (SSSR count). The summed E-state index contributed by atoms with van der Waals surface area (Å²) < 4.78 is 5.29. The Labute approximate surface area is 158 Å². The molecule has 1 atom stereocenters. The number of rotatable bonds is 6. The number of carbonyl (C=O) groups is 1. The van der Waals surface area contributed by atoms with Crippen LogP contribution >= 0.6 is 11.3 Å². The third-order valence-corrected chi connectivity index (χ3v) is 5.62. The first kappa shape index (κ1) is 18.8. The maximum Gasteiger partial charge on any atom is 0.325 e. The maximum atomic E-state index is 11.9. The average Bonchev–Trinajstić information content (AvgIpc) is 3.01. The van der Waals surface area contributed by atoms with Gasteiger partial charge in [0.2, 0.25) is 0 Å². The Morgan fingerprint density at radius 3 is 2.58 bits per heavy atom. The molecule has 1 fully saturated rings. The van der Waals surface area contributed by atoms with Gasteiger partial charge < -0.3 is 9.84 Å². The molecule has 1 aromatic carbocycles. The third kappa shape index (κ3) is 4.23. The van der Waals surface area contributed by atoms with Crippen molar-refractivity contribution in [3.05, 3.63) is 45.4 Å². The predicted molar refractivity (Wildman–Crippen MR) is 102 cm³/mol. The minimum absolute atomic E-state index is 0.622. The van der Waals surface area contributed by atoms with E-state index in [-0.39, 0.29) is 0 Å². The van der Waals surface area contributed by atoms with E-state index in [1.165, 1.54) is 0 Å². The second kappa shape index (κ2) is 8.16. The molecule has 1 N–H and O–H groups in total. The van der Waals surface area contributed by atoms with Crippen LogP contribution in [0.1, 0.15) is 27.9 Å². The zero-order valence-electron chi connectivity index (χ0n) is 15.4. The van der Waals surface area contributed by atoms with Crippen LogP contribution in [-0.2, 0) is 11.3 Å². The van der Waals surface area contributed by atoms with E-state index in [4.69, 9.17) is 4.74 Å². The number of hydrogen-bond donors (Lipinski definition) is 1. The fourth-order valence-corrected chi connectivity index (χ4v) is 4.07. The molecule has 0 spiro atoms. The van der Waals surface area contributed by atoms with Crippen LogP contribution in [0.3, 0.4) is 0 Å². The van der Waals surface area contributed by atoms with Crippen LogP contribution in [0.4, 0.5) is 0 Å². The van der Waals surface area contributed by atoms with E-state index in [0.29, 0.717) is 0 Å². The molecule has 0 aliphatic carbocycles. The van der Waals surface area contributed by atoms with Crippen molar-refractivity contribution in [1.82, 2.24) is 14.8 Å². The number of thiazole rings is 1. The summed E-state index contributed by atoms with van der Waals surface area (Å²) in [5, 5.41) is 13.0. The first-order valence-corrected chi connectivity index (χ1v) is 9.60. The lowest BCUT2D eigenvalue weighted by Gasteiger charge is -2.37. The Morgan fingerprint density at radius 1 is 1.31 bits per heavy atom. The summed E-state index contributed by atoms with van der Waals surface area (Å²) in [5.74, 6) is -0.0283. The molecule has 6 nitrogen and oxygen atoms in total. The van der Waals surface area contributed by atoms with Crippen molar-refractivity contribution in [2.45, 2.75) is 26.4 Å². The van der Waals surface area contributed by atoms with Crippen LogP contribution in [0, 0.1) is 13.8 Å². The monoisotopic (exact) mass is 375 g/mol. The Kier molecular flexibility index (Phi) is 5.90.